The van der Waals surface area contributed by atoms with E-state index >= 15 is 0 Å². The van der Waals surface area contributed by atoms with Crippen molar-refractivity contribution in [3.8, 4) is 11.3 Å². The fraction of sp³-hybridized carbons (Fsp3) is 0.533. The zero-order valence-electron chi connectivity index (χ0n) is 12.8. The molecule has 2 heterocycles. The van der Waals surface area contributed by atoms with Crippen molar-refractivity contribution in [1.82, 2.24) is 9.78 Å². The maximum absolute atomic E-state index is 9.20. The van der Waals surface area contributed by atoms with Crippen LogP contribution in [0.1, 0.15) is 19.1 Å². The van der Waals surface area contributed by atoms with Gasteiger partial charge in [0.05, 0.1) is 37.8 Å². The lowest BCUT2D eigenvalue weighted by Crippen LogP contribution is -2.25. The Labute approximate surface area is 124 Å². The van der Waals surface area contributed by atoms with Gasteiger partial charge in [0.25, 0.3) is 0 Å². The fourth-order valence-corrected chi connectivity index (χ4v) is 2.25. The van der Waals surface area contributed by atoms with E-state index in [1.807, 2.05) is 19.1 Å². The van der Waals surface area contributed by atoms with Crippen molar-refractivity contribution in [1.29, 1.82) is 0 Å². The lowest BCUT2D eigenvalue weighted by Gasteiger charge is -2.17. The zero-order chi connectivity index (χ0) is 15.2. The van der Waals surface area contributed by atoms with Crippen LogP contribution in [0, 0.1) is 6.92 Å². The Morgan fingerprint density at radius 2 is 2.33 bits per heavy atom. The molecular formula is C15H23N3O3. The molecule has 0 bridgehead atoms. The summed E-state index contributed by atoms with van der Waals surface area (Å²) in [6, 6.07) is 4.09. The van der Waals surface area contributed by atoms with E-state index in [2.05, 4.69) is 17.3 Å². The number of nitrogens with one attached hydrogen (secondary N) is 1. The topological polar surface area (TPSA) is 72.5 Å². The third-order valence-corrected chi connectivity index (χ3v) is 3.44. The second-order valence-corrected chi connectivity index (χ2v) is 4.96. The van der Waals surface area contributed by atoms with Gasteiger partial charge in [-0.25, -0.2) is 4.68 Å². The molecule has 2 N–H and O–H groups in total. The van der Waals surface area contributed by atoms with E-state index in [1.165, 1.54) is 0 Å². The molecule has 0 aliphatic heterocycles. The summed E-state index contributed by atoms with van der Waals surface area (Å²) >= 11 is 0. The molecular weight excluding hydrogens is 270 g/mol. The van der Waals surface area contributed by atoms with Crippen LogP contribution in [0.25, 0.3) is 11.3 Å². The summed E-state index contributed by atoms with van der Waals surface area (Å²) in [5.74, 6) is 1.71. The number of ether oxygens (including phenoxy) is 1. The minimum absolute atomic E-state index is 0.0429. The van der Waals surface area contributed by atoms with E-state index < -0.39 is 0 Å². The Kier molecular flexibility index (Phi) is 5.41. The van der Waals surface area contributed by atoms with Gasteiger partial charge in [-0.2, -0.15) is 5.10 Å². The van der Waals surface area contributed by atoms with E-state index in [9.17, 15) is 5.11 Å². The fourth-order valence-electron chi connectivity index (χ4n) is 2.25. The number of aliphatic hydroxyl groups excluding tert-OH is 1. The molecule has 0 aliphatic rings. The highest BCUT2D eigenvalue weighted by Gasteiger charge is 2.15. The van der Waals surface area contributed by atoms with Crippen LogP contribution in [-0.2, 0) is 11.3 Å². The van der Waals surface area contributed by atoms with Crippen LogP contribution in [0.2, 0.25) is 0 Å². The molecule has 0 saturated carbocycles. The van der Waals surface area contributed by atoms with Crippen LogP contribution in [0.3, 0.4) is 0 Å². The quantitative estimate of drug-likeness (QED) is 0.781. The maximum Gasteiger partial charge on any atom is 0.125 e. The van der Waals surface area contributed by atoms with E-state index in [4.69, 9.17) is 9.15 Å². The highest BCUT2D eigenvalue weighted by atomic mass is 16.5. The minimum Gasteiger partial charge on any atom is -0.469 e. The van der Waals surface area contributed by atoms with Gasteiger partial charge in [0.15, 0.2) is 0 Å². The van der Waals surface area contributed by atoms with Crippen molar-refractivity contribution < 1.29 is 14.3 Å². The molecule has 116 valence electrons. The molecule has 0 radical (unpaired) electrons. The van der Waals surface area contributed by atoms with Crippen molar-refractivity contribution in [2.24, 2.45) is 0 Å². The third kappa shape index (κ3) is 3.65. The summed E-state index contributed by atoms with van der Waals surface area (Å²) in [6.45, 7) is 5.13. The summed E-state index contributed by atoms with van der Waals surface area (Å²) in [5, 5.41) is 17.2. The molecule has 0 aliphatic carbocycles. The molecule has 0 fully saturated rings. The Hall–Kier alpha value is -1.79. The van der Waals surface area contributed by atoms with Gasteiger partial charge < -0.3 is 19.6 Å². The normalized spacial score (nSPS) is 12.6. The summed E-state index contributed by atoms with van der Waals surface area (Å²) in [5.41, 5.74) is 1.80. The standard InChI is InChI=1S/C15H23N3O3/c1-4-12(10-20-3)16-15-9-14(17-18(15)6-7-19)13-5-8-21-11(13)2/h5,8-9,12,16,19H,4,6-7,10H2,1-3H3. The lowest BCUT2D eigenvalue weighted by molar-refractivity contribution is 0.184. The molecule has 6 nitrogen and oxygen atoms in total. The molecule has 0 aromatic carbocycles. The van der Waals surface area contributed by atoms with Crippen molar-refractivity contribution >= 4 is 5.82 Å². The van der Waals surface area contributed by atoms with Crippen LogP contribution in [0.15, 0.2) is 22.8 Å². The molecule has 0 spiro atoms. The second-order valence-electron chi connectivity index (χ2n) is 4.96. The number of hydrogen-bond acceptors (Lipinski definition) is 5. The predicted molar refractivity (Wildman–Crippen MR) is 81.3 cm³/mol. The molecule has 2 aromatic heterocycles. The van der Waals surface area contributed by atoms with E-state index in [1.54, 1.807) is 18.1 Å². The monoisotopic (exact) mass is 293 g/mol. The van der Waals surface area contributed by atoms with Gasteiger partial charge in [0, 0.05) is 18.7 Å². The highest BCUT2D eigenvalue weighted by Crippen LogP contribution is 2.26. The molecule has 1 unspecified atom stereocenters. The molecule has 6 heteroatoms. The minimum atomic E-state index is 0.0429. The predicted octanol–water partition coefficient (Wildman–Crippen LogP) is 2.28. The first-order valence-electron chi connectivity index (χ1n) is 7.18. The number of hydrogen-bond donors (Lipinski definition) is 2. The van der Waals surface area contributed by atoms with E-state index in [0.717, 1.165) is 29.3 Å². The first kappa shape index (κ1) is 15.6. The van der Waals surface area contributed by atoms with Crippen LogP contribution < -0.4 is 5.32 Å². The number of nitrogens with zero attached hydrogens (tertiary/aromatic N) is 2. The van der Waals surface area contributed by atoms with Crippen LogP contribution in [-0.4, -0.2) is 41.3 Å². The molecule has 2 rings (SSSR count). The van der Waals surface area contributed by atoms with Gasteiger partial charge in [0.1, 0.15) is 11.6 Å². The Morgan fingerprint density at radius 3 is 2.90 bits per heavy atom. The average Bonchev–Trinajstić information content (AvgIpc) is 3.05. The van der Waals surface area contributed by atoms with E-state index in [-0.39, 0.29) is 12.6 Å². The number of methoxy groups -OCH3 is 1. The third-order valence-electron chi connectivity index (χ3n) is 3.44. The number of aliphatic hydroxyl groups is 1. The molecule has 0 amide bonds. The van der Waals surface area contributed by atoms with Gasteiger partial charge in [-0.3, -0.25) is 0 Å². The largest absolute Gasteiger partial charge is 0.469 e. The summed E-state index contributed by atoms with van der Waals surface area (Å²) in [4.78, 5) is 0. The van der Waals surface area contributed by atoms with Crippen LogP contribution in [0.4, 0.5) is 5.82 Å². The molecule has 21 heavy (non-hydrogen) atoms. The SMILES string of the molecule is CCC(COC)Nc1cc(-c2ccoc2C)nn1CCO. The van der Waals surface area contributed by atoms with Gasteiger partial charge in [-0.15, -0.1) is 0 Å². The molecule has 2 aromatic rings. The number of furan rings is 1. The van der Waals surface area contributed by atoms with Crippen LogP contribution in [0.5, 0.6) is 0 Å². The number of aromatic nitrogens is 2. The Balaban J connectivity index is 2.27. The van der Waals surface area contributed by atoms with Crippen molar-refractivity contribution in [3.63, 3.8) is 0 Å². The summed E-state index contributed by atoms with van der Waals surface area (Å²) in [7, 11) is 1.69. The first-order valence-corrected chi connectivity index (χ1v) is 7.18. The smallest absolute Gasteiger partial charge is 0.125 e. The molecule has 0 saturated heterocycles. The Morgan fingerprint density at radius 1 is 1.52 bits per heavy atom. The maximum atomic E-state index is 9.20. The summed E-state index contributed by atoms with van der Waals surface area (Å²) in [6.07, 6.45) is 2.60. The first-order chi connectivity index (χ1) is 10.2. The van der Waals surface area contributed by atoms with Gasteiger partial charge in [-0.05, 0) is 19.4 Å². The second kappa shape index (κ2) is 7.28. The van der Waals surface area contributed by atoms with Gasteiger partial charge in [0.2, 0.25) is 0 Å². The van der Waals surface area contributed by atoms with Gasteiger partial charge >= 0.3 is 0 Å². The number of aryl methyl sites for hydroxylation is 1. The van der Waals surface area contributed by atoms with E-state index in [0.29, 0.717) is 13.2 Å². The molecule has 1 atom stereocenters. The van der Waals surface area contributed by atoms with Crippen molar-refractivity contribution in [2.45, 2.75) is 32.9 Å². The van der Waals surface area contributed by atoms with Gasteiger partial charge in [-0.1, -0.05) is 6.92 Å². The number of anilines is 1. The lowest BCUT2D eigenvalue weighted by atomic mass is 10.2. The summed E-state index contributed by atoms with van der Waals surface area (Å²) < 4.78 is 12.3. The van der Waals surface area contributed by atoms with Crippen molar-refractivity contribution in [3.05, 3.63) is 24.2 Å². The van der Waals surface area contributed by atoms with Crippen LogP contribution >= 0.6 is 0 Å². The van der Waals surface area contributed by atoms with Crippen molar-refractivity contribution in [2.75, 3.05) is 25.6 Å². The average molecular weight is 293 g/mol. The Bertz CT molecular complexity index is 562. The zero-order valence-corrected chi connectivity index (χ0v) is 12.8. The highest BCUT2D eigenvalue weighted by molar-refractivity contribution is 5.64. The number of rotatable bonds is 8.